The van der Waals surface area contributed by atoms with Crippen LogP contribution in [0.5, 0.6) is 0 Å². The predicted octanol–water partition coefficient (Wildman–Crippen LogP) is 3.57. The lowest BCUT2D eigenvalue weighted by atomic mass is 9.77. The third-order valence-electron chi connectivity index (χ3n) is 4.41. The highest BCUT2D eigenvalue weighted by Crippen LogP contribution is 2.32. The molecule has 26 heavy (non-hydrogen) atoms. The number of rotatable bonds is 7. The molecule has 0 bridgehead atoms. The van der Waals surface area contributed by atoms with E-state index in [-0.39, 0.29) is 11.4 Å². The zero-order chi connectivity index (χ0) is 19.3. The fraction of sp³-hybridized carbons (Fsp3) is 0.278. The lowest BCUT2D eigenvalue weighted by Gasteiger charge is -2.27. The summed E-state index contributed by atoms with van der Waals surface area (Å²) in [5, 5.41) is 21.5. The molecule has 1 atom stereocenters. The molecule has 0 saturated carbocycles. The summed E-state index contributed by atoms with van der Waals surface area (Å²) in [5.41, 5.74) is 0.395. The highest BCUT2D eigenvalue weighted by molar-refractivity contribution is 5.82. The lowest BCUT2D eigenvalue weighted by Crippen LogP contribution is -2.34. The van der Waals surface area contributed by atoms with Gasteiger partial charge in [0.1, 0.15) is 0 Å². The number of hydrogen-bond acceptors (Lipinski definition) is 6. The Morgan fingerprint density at radius 2 is 1.42 bits per heavy atom. The normalized spacial score (nSPS) is 12.8. The molecule has 2 aromatic carbocycles. The van der Waals surface area contributed by atoms with Crippen LogP contribution in [0.25, 0.3) is 0 Å². The highest BCUT2D eigenvalue weighted by atomic mass is 16.6. The minimum absolute atomic E-state index is 0.000140. The zero-order valence-electron chi connectivity index (χ0n) is 14.4. The van der Waals surface area contributed by atoms with Crippen molar-refractivity contribution in [2.75, 3.05) is 7.11 Å². The molecule has 0 amide bonds. The number of aryl methyl sites for hydroxylation is 1. The van der Waals surface area contributed by atoms with Crippen molar-refractivity contribution in [1.82, 2.24) is 0 Å². The van der Waals surface area contributed by atoms with Crippen molar-refractivity contribution in [3.63, 3.8) is 0 Å². The molecule has 0 radical (unpaired) electrons. The molecule has 0 N–H and O–H groups in total. The number of nitro groups is 2. The number of nitrogens with zero attached hydrogens (tertiary/aromatic N) is 2. The number of carbonyl (C=O) groups is 1. The Hall–Kier alpha value is -3.29. The highest BCUT2D eigenvalue weighted by Gasteiger charge is 2.36. The molecule has 2 rings (SSSR count). The molecule has 0 aromatic heterocycles. The number of nitro benzene ring substituents is 2. The summed E-state index contributed by atoms with van der Waals surface area (Å²) in [6, 6.07) is 11.9. The molecular weight excluding hydrogens is 340 g/mol. The monoisotopic (exact) mass is 358 g/mol. The van der Waals surface area contributed by atoms with Gasteiger partial charge in [0.25, 0.3) is 11.4 Å². The topological polar surface area (TPSA) is 113 Å². The third-order valence-corrected chi connectivity index (χ3v) is 4.41. The number of esters is 1. The van der Waals surface area contributed by atoms with Gasteiger partial charge in [-0.3, -0.25) is 25.0 Å². The Labute approximate surface area is 149 Å². The van der Waals surface area contributed by atoms with Crippen LogP contribution in [-0.2, 0) is 21.4 Å². The molecule has 0 heterocycles. The van der Waals surface area contributed by atoms with E-state index in [2.05, 4.69) is 0 Å². The van der Waals surface area contributed by atoms with E-state index >= 15 is 0 Å². The molecule has 2 aromatic rings. The molecule has 0 aliphatic carbocycles. The second-order valence-electron chi connectivity index (χ2n) is 6.05. The van der Waals surface area contributed by atoms with Crippen LogP contribution in [0.1, 0.15) is 24.5 Å². The SMILES string of the molecule is COC(=O)C(C)(CCc1ccc([N+](=O)[O-])cc1)c1ccc([N+](=O)[O-])cc1. The summed E-state index contributed by atoms with van der Waals surface area (Å²) < 4.78 is 4.92. The minimum atomic E-state index is -0.994. The zero-order valence-corrected chi connectivity index (χ0v) is 14.4. The maximum Gasteiger partial charge on any atom is 0.316 e. The first-order valence-corrected chi connectivity index (χ1v) is 7.84. The standard InChI is InChI=1S/C18H18N2O6/c1-18(17(21)26-2,14-5-9-16(10-6-14)20(24)25)12-11-13-3-7-15(8-4-13)19(22)23/h3-10H,11-12H2,1-2H3. The largest absolute Gasteiger partial charge is 0.468 e. The van der Waals surface area contributed by atoms with Crippen molar-refractivity contribution in [3.8, 4) is 0 Å². The summed E-state index contributed by atoms with van der Waals surface area (Å²) in [5.74, 6) is -0.451. The Morgan fingerprint density at radius 1 is 0.962 bits per heavy atom. The summed E-state index contributed by atoms with van der Waals surface area (Å²) in [6.07, 6.45) is 0.871. The second kappa shape index (κ2) is 7.73. The quantitative estimate of drug-likeness (QED) is 0.425. The number of methoxy groups -OCH3 is 1. The van der Waals surface area contributed by atoms with Crippen LogP contribution >= 0.6 is 0 Å². The third kappa shape index (κ3) is 4.02. The van der Waals surface area contributed by atoms with Crippen LogP contribution in [0, 0.1) is 20.2 Å². The van der Waals surface area contributed by atoms with Gasteiger partial charge in [-0.05, 0) is 30.9 Å². The molecule has 0 aliphatic rings. The van der Waals surface area contributed by atoms with Crippen LogP contribution < -0.4 is 0 Å². The Kier molecular flexibility index (Phi) is 5.66. The Bertz CT molecular complexity index is 817. The maximum atomic E-state index is 12.4. The molecule has 136 valence electrons. The van der Waals surface area contributed by atoms with E-state index in [1.54, 1.807) is 31.2 Å². The summed E-state index contributed by atoms with van der Waals surface area (Å²) in [6.45, 7) is 1.71. The fourth-order valence-corrected chi connectivity index (χ4v) is 2.72. The first kappa shape index (κ1) is 19.0. The van der Waals surface area contributed by atoms with Crippen molar-refractivity contribution >= 4 is 17.3 Å². The number of ether oxygens (including phenoxy) is 1. The van der Waals surface area contributed by atoms with E-state index < -0.39 is 21.2 Å². The molecule has 0 fully saturated rings. The smallest absolute Gasteiger partial charge is 0.316 e. The van der Waals surface area contributed by atoms with E-state index in [0.717, 1.165) is 5.56 Å². The van der Waals surface area contributed by atoms with Gasteiger partial charge in [0.15, 0.2) is 0 Å². The van der Waals surface area contributed by atoms with Crippen molar-refractivity contribution in [2.45, 2.75) is 25.2 Å². The second-order valence-corrected chi connectivity index (χ2v) is 6.05. The molecule has 0 spiro atoms. The number of carbonyl (C=O) groups excluding carboxylic acids is 1. The lowest BCUT2D eigenvalue weighted by molar-refractivity contribution is -0.385. The van der Waals surface area contributed by atoms with Crippen LogP contribution in [0.2, 0.25) is 0 Å². The first-order valence-electron chi connectivity index (χ1n) is 7.84. The van der Waals surface area contributed by atoms with Gasteiger partial charge in [-0.15, -0.1) is 0 Å². The Balaban J connectivity index is 2.24. The summed E-state index contributed by atoms with van der Waals surface area (Å²) in [4.78, 5) is 32.9. The number of hydrogen-bond donors (Lipinski definition) is 0. The van der Waals surface area contributed by atoms with Crippen molar-refractivity contribution in [3.05, 3.63) is 79.9 Å². The van der Waals surface area contributed by atoms with E-state index in [1.165, 1.54) is 31.4 Å². The average Bonchev–Trinajstić information content (AvgIpc) is 2.65. The molecule has 0 aliphatic heterocycles. The molecule has 8 nitrogen and oxygen atoms in total. The van der Waals surface area contributed by atoms with Gasteiger partial charge in [0, 0.05) is 24.3 Å². The molecular formula is C18H18N2O6. The average molecular weight is 358 g/mol. The van der Waals surface area contributed by atoms with Crippen LogP contribution in [-0.4, -0.2) is 22.9 Å². The van der Waals surface area contributed by atoms with E-state index in [1.807, 2.05) is 0 Å². The minimum Gasteiger partial charge on any atom is -0.468 e. The number of benzene rings is 2. The van der Waals surface area contributed by atoms with Gasteiger partial charge in [-0.2, -0.15) is 0 Å². The molecule has 1 unspecified atom stereocenters. The number of non-ortho nitro benzene ring substituents is 2. The van der Waals surface area contributed by atoms with Gasteiger partial charge < -0.3 is 4.74 Å². The van der Waals surface area contributed by atoms with Crippen LogP contribution in [0.15, 0.2) is 48.5 Å². The predicted molar refractivity (Wildman–Crippen MR) is 93.9 cm³/mol. The van der Waals surface area contributed by atoms with E-state index in [9.17, 15) is 25.0 Å². The van der Waals surface area contributed by atoms with Crippen molar-refractivity contribution < 1.29 is 19.4 Å². The molecule has 0 saturated heterocycles. The van der Waals surface area contributed by atoms with Gasteiger partial charge in [-0.1, -0.05) is 24.3 Å². The van der Waals surface area contributed by atoms with Gasteiger partial charge >= 0.3 is 5.97 Å². The maximum absolute atomic E-state index is 12.4. The first-order chi connectivity index (χ1) is 12.3. The summed E-state index contributed by atoms with van der Waals surface area (Å²) in [7, 11) is 1.29. The van der Waals surface area contributed by atoms with Crippen LogP contribution in [0.3, 0.4) is 0 Å². The van der Waals surface area contributed by atoms with Crippen molar-refractivity contribution in [1.29, 1.82) is 0 Å². The summed E-state index contributed by atoms with van der Waals surface area (Å²) >= 11 is 0. The van der Waals surface area contributed by atoms with Gasteiger partial charge in [-0.25, -0.2) is 0 Å². The van der Waals surface area contributed by atoms with E-state index in [4.69, 9.17) is 4.74 Å². The fourth-order valence-electron chi connectivity index (χ4n) is 2.72. The van der Waals surface area contributed by atoms with E-state index in [0.29, 0.717) is 18.4 Å². The Morgan fingerprint density at radius 3 is 1.85 bits per heavy atom. The van der Waals surface area contributed by atoms with Crippen molar-refractivity contribution in [2.24, 2.45) is 0 Å². The van der Waals surface area contributed by atoms with Crippen LogP contribution in [0.4, 0.5) is 11.4 Å². The van der Waals surface area contributed by atoms with Gasteiger partial charge in [0.05, 0.1) is 22.4 Å². The molecule has 8 heteroatoms. The van der Waals surface area contributed by atoms with Gasteiger partial charge in [0.2, 0.25) is 0 Å².